The van der Waals surface area contributed by atoms with E-state index >= 15 is 0 Å². The molecule has 0 bridgehead atoms. The largest absolute Gasteiger partial charge is 0.321 e. The molecule has 25 heavy (non-hydrogen) atoms. The summed E-state index contributed by atoms with van der Waals surface area (Å²) in [5, 5.41) is 3.91. The minimum Gasteiger partial charge on any atom is -0.321 e. The molecule has 0 radical (unpaired) electrons. The predicted molar refractivity (Wildman–Crippen MR) is 102 cm³/mol. The third kappa shape index (κ3) is 2.60. The van der Waals surface area contributed by atoms with Crippen molar-refractivity contribution in [1.82, 2.24) is 0 Å². The number of hydrogen-bond acceptors (Lipinski definition) is 3. The Hall–Kier alpha value is -2.38. The van der Waals surface area contributed by atoms with Gasteiger partial charge in [-0.1, -0.05) is 18.2 Å². The van der Waals surface area contributed by atoms with E-state index in [2.05, 4.69) is 26.0 Å². The van der Waals surface area contributed by atoms with Crippen molar-refractivity contribution in [1.29, 1.82) is 0 Å². The average Bonchev–Trinajstić information content (AvgIpc) is 2.88. The second kappa shape index (κ2) is 5.57. The molecule has 2 N–H and O–H groups in total. The summed E-state index contributed by atoms with van der Waals surface area (Å²) in [6.07, 6.45) is 0. The van der Waals surface area contributed by atoms with Crippen LogP contribution in [-0.4, -0.2) is 14.3 Å². The molecule has 126 valence electrons. The number of hydrogen-bond donors (Lipinski definition) is 2. The highest BCUT2D eigenvalue weighted by atomic mass is 79.9. The number of halogens is 1. The number of aryl methyl sites for hydroxylation is 1. The van der Waals surface area contributed by atoms with Crippen molar-refractivity contribution >= 4 is 54.0 Å². The smallest absolute Gasteiger partial charge is 0.262 e. The lowest BCUT2D eigenvalue weighted by Crippen LogP contribution is -2.14. The predicted octanol–water partition coefficient (Wildman–Crippen LogP) is 4.28. The molecule has 0 aliphatic carbocycles. The number of rotatable bonds is 3. The highest BCUT2D eigenvalue weighted by Crippen LogP contribution is 2.37. The van der Waals surface area contributed by atoms with E-state index in [-0.39, 0.29) is 10.8 Å². The summed E-state index contributed by atoms with van der Waals surface area (Å²) in [5.74, 6) is -0.218. The van der Waals surface area contributed by atoms with Crippen LogP contribution in [-0.2, 0) is 10.0 Å². The van der Waals surface area contributed by atoms with Crippen molar-refractivity contribution in [2.75, 3.05) is 10.0 Å². The van der Waals surface area contributed by atoms with Gasteiger partial charge in [-0.3, -0.25) is 9.52 Å². The van der Waals surface area contributed by atoms with Gasteiger partial charge in [-0.2, -0.15) is 0 Å². The summed E-state index contributed by atoms with van der Waals surface area (Å²) in [5.41, 5.74) is 2.60. The van der Waals surface area contributed by atoms with E-state index in [0.717, 1.165) is 5.56 Å². The SMILES string of the molecule is Cc1ccc(NS(=O)(=O)c2ccc3c4c(cccc24)C(=O)N3)c(Br)c1. The fourth-order valence-electron chi connectivity index (χ4n) is 3.00. The average molecular weight is 417 g/mol. The lowest BCUT2D eigenvalue weighted by atomic mass is 10.1. The Morgan fingerprint density at radius 1 is 1.08 bits per heavy atom. The van der Waals surface area contributed by atoms with Crippen molar-refractivity contribution in [2.24, 2.45) is 0 Å². The molecular formula is C18H13BrN2O3S. The first kappa shape index (κ1) is 16.1. The Labute approximate surface area is 153 Å². The lowest BCUT2D eigenvalue weighted by Gasteiger charge is -2.13. The van der Waals surface area contributed by atoms with E-state index in [1.165, 1.54) is 6.07 Å². The molecule has 0 fully saturated rings. The summed E-state index contributed by atoms with van der Waals surface area (Å²) < 4.78 is 29.2. The van der Waals surface area contributed by atoms with Crippen LogP contribution in [0, 0.1) is 6.92 Å². The molecule has 1 aliphatic rings. The zero-order valence-corrected chi connectivity index (χ0v) is 15.5. The first-order valence-corrected chi connectivity index (χ1v) is 9.80. The first-order valence-electron chi connectivity index (χ1n) is 7.53. The zero-order valence-electron chi connectivity index (χ0n) is 13.1. The van der Waals surface area contributed by atoms with E-state index < -0.39 is 10.0 Å². The molecule has 4 rings (SSSR count). The van der Waals surface area contributed by atoms with Crippen LogP contribution in [0.5, 0.6) is 0 Å². The number of sulfonamides is 1. The van der Waals surface area contributed by atoms with Crippen molar-refractivity contribution in [3.8, 4) is 0 Å². The minimum absolute atomic E-state index is 0.136. The second-order valence-electron chi connectivity index (χ2n) is 5.88. The summed E-state index contributed by atoms with van der Waals surface area (Å²) in [7, 11) is -3.82. The van der Waals surface area contributed by atoms with E-state index in [4.69, 9.17) is 0 Å². The Balaban J connectivity index is 1.87. The first-order chi connectivity index (χ1) is 11.9. The molecule has 0 aromatic heterocycles. The molecule has 3 aromatic carbocycles. The maximum absolute atomic E-state index is 12.9. The number of nitrogens with one attached hydrogen (secondary N) is 2. The maximum Gasteiger partial charge on any atom is 0.262 e. The number of carbonyl (C=O) groups is 1. The van der Waals surface area contributed by atoms with Crippen LogP contribution in [0.15, 0.2) is 57.9 Å². The van der Waals surface area contributed by atoms with Gasteiger partial charge in [0.1, 0.15) is 0 Å². The number of carbonyl (C=O) groups excluding carboxylic acids is 1. The van der Waals surface area contributed by atoms with Crippen molar-refractivity contribution in [3.63, 3.8) is 0 Å². The summed E-state index contributed by atoms with van der Waals surface area (Å²) in [6, 6.07) is 13.6. The molecule has 1 aliphatic heterocycles. The number of benzene rings is 3. The maximum atomic E-state index is 12.9. The third-order valence-corrected chi connectivity index (χ3v) is 6.23. The molecule has 7 heteroatoms. The van der Waals surface area contributed by atoms with Gasteiger partial charge in [0.25, 0.3) is 15.9 Å². The van der Waals surface area contributed by atoms with Gasteiger partial charge in [-0.05, 0) is 58.7 Å². The van der Waals surface area contributed by atoms with E-state index in [1.807, 2.05) is 19.1 Å². The molecule has 5 nitrogen and oxygen atoms in total. The van der Waals surface area contributed by atoms with Crippen molar-refractivity contribution in [3.05, 3.63) is 64.1 Å². The quantitative estimate of drug-likeness (QED) is 0.668. The fraction of sp³-hybridized carbons (Fsp3) is 0.0556. The van der Waals surface area contributed by atoms with Gasteiger partial charge in [0, 0.05) is 26.5 Å². The van der Waals surface area contributed by atoms with Gasteiger partial charge in [0.15, 0.2) is 0 Å². The lowest BCUT2D eigenvalue weighted by molar-refractivity contribution is 0.103. The van der Waals surface area contributed by atoms with Gasteiger partial charge >= 0.3 is 0 Å². The van der Waals surface area contributed by atoms with Gasteiger partial charge in [-0.15, -0.1) is 0 Å². The van der Waals surface area contributed by atoms with E-state index in [0.29, 0.717) is 32.2 Å². The third-order valence-electron chi connectivity index (χ3n) is 4.15. The van der Waals surface area contributed by atoms with Crippen LogP contribution < -0.4 is 10.0 Å². The van der Waals surface area contributed by atoms with Crippen LogP contribution >= 0.6 is 15.9 Å². The molecule has 0 saturated heterocycles. The van der Waals surface area contributed by atoms with Gasteiger partial charge < -0.3 is 5.32 Å². The normalized spacial score (nSPS) is 13.1. The van der Waals surface area contributed by atoms with Crippen molar-refractivity contribution < 1.29 is 13.2 Å². The van der Waals surface area contributed by atoms with Gasteiger partial charge in [0.2, 0.25) is 0 Å². The number of anilines is 2. The Bertz CT molecular complexity index is 1160. The Kier molecular flexibility index (Phi) is 3.59. The summed E-state index contributed by atoms with van der Waals surface area (Å²) in [6.45, 7) is 1.93. The summed E-state index contributed by atoms with van der Waals surface area (Å²) in [4.78, 5) is 12.1. The zero-order chi connectivity index (χ0) is 17.8. The molecule has 0 saturated carbocycles. The molecule has 1 amide bonds. The Morgan fingerprint density at radius 3 is 2.64 bits per heavy atom. The summed E-state index contributed by atoms with van der Waals surface area (Å²) >= 11 is 3.38. The second-order valence-corrected chi connectivity index (χ2v) is 8.39. The Morgan fingerprint density at radius 2 is 1.88 bits per heavy atom. The molecule has 1 heterocycles. The van der Waals surface area contributed by atoms with Gasteiger partial charge in [0.05, 0.1) is 10.6 Å². The topological polar surface area (TPSA) is 75.3 Å². The van der Waals surface area contributed by atoms with Crippen LogP contribution in [0.3, 0.4) is 0 Å². The molecule has 0 unspecified atom stereocenters. The van der Waals surface area contributed by atoms with Crippen LogP contribution in [0.4, 0.5) is 11.4 Å². The molecule has 0 spiro atoms. The highest BCUT2D eigenvalue weighted by Gasteiger charge is 2.26. The van der Waals surface area contributed by atoms with Crippen LogP contribution in [0.2, 0.25) is 0 Å². The van der Waals surface area contributed by atoms with Crippen LogP contribution in [0.25, 0.3) is 10.8 Å². The monoisotopic (exact) mass is 416 g/mol. The molecule has 3 aromatic rings. The number of amides is 1. The van der Waals surface area contributed by atoms with E-state index in [1.54, 1.807) is 30.3 Å². The standard InChI is InChI=1S/C18H13BrN2O3S/c1-10-5-6-14(13(19)9-10)21-25(23,24)16-8-7-15-17-11(16)3-2-4-12(17)18(22)20-15/h2-9,21H,1H3,(H,20,22). The van der Waals surface area contributed by atoms with E-state index in [9.17, 15) is 13.2 Å². The molecular weight excluding hydrogens is 404 g/mol. The van der Waals surface area contributed by atoms with Crippen molar-refractivity contribution in [2.45, 2.75) is 11.8 Å². The minimum atomic E-state index is -3.82. The van der Waals surface area contributed by atoms with Crippen LogP contribution in [0.1, 0.15) is 15.9 Å². The fourth-order valence-corrected chi connectivity index (χ4v) is 5.01. The van der Waals surface area contributed by atoms with Gasteiger partial charge in [-0.25, -0.2) is 8.42 Å². The molecule has 0 atom stereocenters. The highest BCUT2D eigenvalue weighted by molar-refractivity contribution is 9.10.